The van der Waals surface area contributed by atoms with Gasteiger partial charge in [0.25, 0.3) is 0 Å². The van der Waals surface area contributed by atoms with Gasteiger partial charge in [-0.2, -0.15) is 0 Å². The van der Waals surface area contributed by atoms with Gasteiger partial charge in [0.1, 0.15) is 11.9 Å². The van der Waals surface area contributed by atoms with E-state index in [0.717, 1.165) is 44.5 Å². The summed E-state index contributed by atoms with van der Waals surface area (Å²) in [5.74, 6) is 0.293. The fourth-order valence-corrected chi connectivity index (χ4v) is 3.35. The van der Waals surface area contributed by atoms with Gasteiger partial charge in [-0.05, 0) is 31.0 Å². The summed E-state index contributed by atoms with van der Waals surface area (Å²) in [4.78, 5) is 13.3. The zero-order valence-electron chi connectivity index (χ0n) is 11.6. The molecular formula is C16H21NO3. The lowest BCUT2D eigenvalue weighted by Crippen LogP contribution is -2.45. The molecule has 1 fully saturated rings. The van der Waals surface area contributed by atoms with E-state index in [2.05, 4.69) is 11.0 Å². The number of carbonyl (C=O) groups is 1. The molecule has 108 valence electrons. The first kappa shape index (κ1) is 13.4. The number of carboxylic acid groups (broad SMARTS) is 1. The minimum Gasteiger partial charge on any atom is -0.488 e. The largest absolute Gasteiger partial charge is 0.488 e. The number of nitrogens with zero attached hydrogens (tertiary/aromatic N) is 1. The summed E-state index contributed by atoms with van der Waals surface area (Å²) >= 11 is 0. The lowest BCUT2D eigenvalue weighted by atomic mass is 9.98. The lowest BCUT2D eigenvalue weighted by Gasteiger charge is -2.36. The van der Waals surface area contributed by atoms with E-state index in [0.29, 0.717) is 0 Å². The van der Waals surface area contributed by atoms with Gasteiger partial charge in [-0.3, -0.25) is 9.69 Å². The first-order valence-corrected chi connectivity index (χ1v) is 7.43. The van der Waals surface area contributed by atoms with Crippen LogP contribution in [0.25, 0.3) is 0 Å². The van der Waals surface area contributed by atoms with Gasteiger partial charge in [0.15, 0.2) is 0 Å². The van der Waals surface area contributed by atoms with Crippen molar-refractivity contribution in [2.45, 2.75) is 44.2 Å². The van der Waals surface area contributed by atoms with Crippen molar-refractivity contribution < 1.29 is 14.6 Å². The van der Waals surface area contributed by atoms with Crippen molar-refractivity contribution in [3.63, 3.8) is 0 Å². The zero-order chi connectivity index (χ0) is 13.9. The summed E-state index contributed by atoms with van der Waals surface area (Å²) in [6.07, 6.45) is 4.65. The third-order valence-electron chi connectivity index (χ3n) is 4.31. The van der Waals surface area contributed by atoms with E-state index in [1.807, 2.05) is 18.2 Å². The average molecular weight is 275 g/mol. The molecule has 20 heavy (non-hydrogen) atoms. The number of fused-ring (bicyclic) bond motifs is 1. The Balaban J connectivity index is 1.61. The van der Waals surface area contributed by atoms with E-state index in [4.69, 9.17) is 9.84 Å². The van der Waals surface area contributed by atoms with E-state index in [9.17, 15) is 4.79 Å². The van der Waals surface area contributed by atoms with E-state index in [1.165, 1.54) is 5.56 Å². The molecule has 0 amide bonds. The molecule has 0 spiro atoms. The SMILES string of the molecule is O=C(O)CC1CCCCN1CC1Cc2ccccc2O1. The molecule has 0 radical (unpaired) electrons. The molecule has 0 saturated carbocycles. The zero-order valence-corrected chi connectivity index (χ0v) is 11.6. The van der Waals surface area contributed by atoms with Crippen LogP contribution in [0.1, 0.15) is 31.2 Å². The van der Waals surface area contributed by atoms with Crippen molar-refractivity contribution >= 4 is 5.97 Å². The Morgan fingerprint density at radius 3 is 3.00 bits per heavy atom. The third kappa shape index (κ3) is 2.96. The molecule has 0 bridgehead atoms. The van der Waals surface area contributed by atoms with Crippen LogP contribution in [0.4, 0.5) is 0 Å². The molecule has 1 aromatic carbocycles. The highest BCUT2D eigenvalue weighted by Crippen LogP contribution is 2.30. The molecule has 2 unspecified atom stereocenters. The van der Waals surface area contributed by atoms with Crippen LogP contribution in [0, 0.1) is 0 Å². The van der Waals surface area contributed by atoms with Gasteiger partial charge in [0, 0.05) is 19.0 Å². The monoisotopic (exact) mass is 275 g/mol. The summed E-state index contributed by atoms with van der Waals surface area (Å²) in [5, 5.41) is 9.03. The molecular weight excluding hydrogens is 254 g/mol. The Morgan fingerprint density at radius 2 is 2.20 bits per heavy atom. The van der Waals surface area contributed by atoms with Crippen LogP contribution >= 0.6 is 0 Å². The standard InChI is InChI=1S/C16H21NO3/c18-16(19)10-13-6-3-4-8-17(13)11-14-9-12-5-1-2-7-15(12)20-14/h1-2,5,7,13-14H,3-4,6,8-11H2,(H,18,19). The average Bonchev–Trinajstić information content (AvgIpc) is 2.82. The Hall–Kier alpha value is -1.55. The summed E-state index contributed by atoms with van der Waals surface area (Å²) in [7, 11) is 0. The van der Waals surface area contributed by atoms with E-state index >= 15 is 0 Å². The number of aliphatic carboxylic acids is 1. The predicted molar refractivity (Wildman–Crippen MR) is 76.0 cm³/mol. The smallest absolute Gasteiger partial charge is 0.304 e. The maximum absolute atomic E-state index is 11.0. The van der Waals surface area contributed by atoms with Gasteiger partial charge >= 0.3 is 5.97 Å². The highest BCUT2D eigenvalue weighted by atomic mass is 16.5. The molecule has 1 saturated heterocycles. The van der Waals surface area contributed by atoms with Gasteiger partial charge in [0.05, 0.1) is 6.42 Å². The number of rotatable bonds is 4. The number of para-hydroxylation sites is 1. The molecule has 4 nitrogen and oxygen atoms in total. The Kier molecular flexibility index (Phi) is 3.92. The van der Waals surface area contributed by atoms with E-state index < -0.39 is 5.97 Å². The van der Waals surface area contributed by atoms with Gasteiger partial charge < -0.3 is 9.84 Å². The molecule has 2 heterocycles. The van der Waals surface area contributed by atoms with E-state index in [1.54, 1.807) is 0 Å². The minimum absolute atomic E-state index is 0.168. The third-order valence-corrected chi connectivity index (χ3v) is 4.31. The van der Waals surface area contributed by atoms with Crippen LogP contribution in [0.2, 0.25) is 0 Å². The highest BCUT2D eigenvalue weighted by Gasteiger charge is 2.30. The molecule has 2 atom stereocenters. The van der Waals surface area contributed by atoms with Crippen LogP contribution in [0.3, 0.4) is 0 Å². The number of hydrogen-bond acceptors (Lipinski definition) is 3. The van der Waals surface area contributed by atoms with Gasteiger partial charge in [-0.25, -0.2) is 0 Å². The van der Waals surface area contributed by atoms with Crippen molar-refractivity contribution in [3.05, 3.63) is 29.8 Å². The molecule has 0 aromatic heterocycles. The maximum atomic E-state index is 11.0. The topological polar surface area (TPSA) is 49.8 Å². The predicted octanol–water partition coefficient (Wildman–Crippen LogP) is 2.32. The second-order valence-corrected chi connectivity index (χ2v) is 5.79. The maximum Gasteiger partial charge on any atom is 0.304 e. The fourth-order valence-electron chi connectivity index (χ4n) is 3.35. The summed E-state index contributed by atoms with van der Waals surface area (Å²) in [6, 6.07) is 8.34. The molecule has 0 aliphatic carbocycles. The summed E-state index contributed by atoms with van der Waals surface area (Å²) in [6.45, 7) is 1.83. The van der Waals surface area contributed by atoms with Crippen LogP contribution in [0.5, 0.6) is 5.75 Å². The van der Waals surface area contributed by atoms with Crippen molar-refractivity contribution in [2.24, 2.45) is 0 Å². The number of ether oxygens (including phenoxy) is 1. The molecule has 2 aliphatic heterocycles. The quantitative estimate of drug-likeness (QED) is 0.916. The fraction of sp³-hybridized carbons (Fsp3) is 0.562. The van der Waals surface area contributed by atoms with Crippen LogP contribution in [0.15, 0.2) is 24.3 Å². The highest BCUT2D eigenvalue weighted by molar-refractivity contribution is 5.67. The second-order valence-electron chi connectivity index (χ2n) is 5.79. The number of piperidine rings is 1. The van der Waals surface area contributed by atoms with Crippen molar-refractivity contribution in [1.29, 1.82) is 0 Å². The van der Waals surface area contributed by atoms with Gasteiger partial charge in [0.2, 0.25) is 0 Å². The first-order valence-electron chi connectivity index (χ1n) is 7.43. The van der Waals surface area contributed by atoms with Crippen molar-refractivity contribution in [1.82, 2.24) is 4.90 Å². The molecule has 3 rings (SSSR count). The number of likely N-dealkylation sites (tertiary alicyclic amines) is 1. The van der Waals surface area contributed by atoms with Crippen molar-refractivity contribution in [3.8, 4) is 5.75 Å². The summed E-state index contributed by atoms with van der Waals surface area (Å²) in [5.41, 5.74) is 1.27. The normalized spacial score (nSPS) is 26.0. The van der Waals surface area contributed by atoms with Crippen LogP contribution < -0.4 is 4.74 Å². The number of benzene rings is 1. The summed E-state index contributed by atoms with van der Waals surface area (Å²) < 4.78 is 5.97. The Bertz CT molecular complexity index is 463. The van der Waals surface area contributed by atoms with Gasteiger partial charge in [-0.1, -0.05) is 24.6 Å². The molecule has 1 aromatic rings. The molecule has 4 heteroatoms. The Morgan fingerprint density at radius 1 is 1.35 bits per heavy atom. The Labute approximate surface area is 119 Å². The molecule has 2 aliphatic rings. The van der Waals surface area contributed by atoms with E-state index in [-0.39, 0.29) is 18.6 Å². The molecule has 1 N–H and O–H groups in total. The first-order chi connectivity index (χ1) is 9.72. The minimum atomic E-state index is -0.697. The second kappa shape index (κ2) is 5.83. The lowest BCUT2D eigenvalue weighted by molar-refractivity contribution is -0.138. The number of carboxylic acids is 1. The van der Waals surface area contributed by atoms with Crippen molar-refractivity contribution in [2.75, 3.05) is 13.1 Å². The number of hydrogen-bond donors (Lipinski definition) is 1. The van der Waals surface area contributed by atoms with Gasteiger partial charge in [-0.15, -0.1) is 0 Å². The van der Waals surface area contributed by atoms with Crippen LogP contribution in [-0.4, -0.2) is 41.2 Å². The van der Waals surface area contributed by atoms with Crippen LogP contribution in [-0.2, 0) is 11.2 Å².